The number of rotatable bonds is 5. The number of aromatic nitrogens is 2. The lowest BCUT2D eigenvalue weighted by atomic mass is 9.96. The molecule has 1 atom stereocenters. The Morgan fingerprint density at radius 1 is 1.40 bits per heavy atom. The van der Waals surface area contributed by atoms with Crippen LogP contribution < -0.4 is 11.1 Å². The number of amides is 1. The quantitative estimate of drug-likeness (QED) is 0.782. The summed E-state index contributed by atoms with van der Waals surface area (Å²) in [5.41, 5.74) is 7.87. The van der Waals surface area contributed by atoms with E-state index in [1.807, 2.05) is 31.2 Å². The number of carbonyl (C=O) groups excluding carboxylic acids is 1. The summed E-state index contributed by atoms with van der Waals surface area (Å²) >= 11 is 0. The van der Waals surface area contributed by atoms with Crippen molar-refractivity contribution < 1.29 is 4.79 Å². The molecule has 1 aromatic heterocycles. The molecule has 4 N–H and O–H groups in total. The first kappa shape index (κ1) is 14.3. The van der Waals surface area contributed by atoms with E-state index in [1.165, 1.54) is 0 Å². The summed E-state index contributed by atoms with van der Waals surface area (Å²) in [7, 11) is 0. The summed E-state index contributed by atoms with van der Waals surface area (Å²) in [5.74, 6) is -0.159. The van der Waals surface area contributed by atoms with Gasteiger partial charge >= 0.3 is 0 Å². The topological polar surface area (TPSA) is 83.8 Å². The molecule has 0 aliphatic rings. The Balaban J connectivity index is 2.06. The number of H-pyrrole nitrogens is 1. The van der Waals surface area contributed by atoms with Crippen molar-refractivity contribution in [2.75, 3.05) is 5.32 Å². The largest absolute Gasteiger partial charge is 0.345 e. The van der Waals surface area contributed by atoms with Gasteiger partial charge in [0.1, 0.15) is 0 Å². The van der Waals surface area contributed by atoms with Crippen LogP contribution in [0.2, 0.25) is 0 Å². The zero-order valence-corrected chi connectivity index (χ0v) is 11.8. The van der Waals surface area contributed by atoms with E-state index in [1.54, 1.807) is 19.4 Å². The van der Waals surface area contributed by atoms with Gasteiger partial charge in [-0.3, -0.25) is 4.79 Å². The monoisotopic (exact) mass is 272 g/mol. The minimum absolute atomic E-state index is 0.159. The second-order valence-corrected chi connectivity index (χ2v) is 5.16. The zero-order chi connectivity index (χ0) is 14.6. The zero-order valence-electron chi connectivity index (χ0n) is 11.8. The molecule has 1 unspecified atom stereocenters. The molecule has 5 heteroatoms. The van der Waals surface area contributed by atoms with Crippen molar-refractivity contribution >= 4 is 11.6 Å². The Hall–Kier alpha value is -2.14. The summed E-state index contributed by atoms with van der Waals surface area (Å²) in [6.07, 6.45) is 4.92. The van der Waals surface area contributed by atoms with Gasteiger partial charge in [0.15, 0.2) is 0 Å². The van der Waals surface area contributed by atoms with Gasteiger partial charge in [-0.1, -0.05) is 25.5 Å². The van der Waals surface area contributed by atoms with Gasteiger partial charge in [0.25, 0.3) is 0 Å². The highest BCUT2D eigenvalue weighted by atomic mass is 16.2. The maximum atomic E-state index is 12.1. The molecule has 0 saturated carbocycles. The maximum Gasteiger partial charge on any atom is 0.244 e. The summed E-state index contributed by atoms with van der Waals surface area (Å²) in [6.45, 7) is 3.77. The number of nitrogens with zero attached hydrogens (tertiary/aromatic N) is 1. The lowest BCUT2D eigenvalue weighted by molar-refractivity contribution is -0.120. The molecule has 0 fully saturated rings. The first-order valence-corrected chi connectivity index (χ1v) is 6.72. The third kappa shape index (κ3) is 3.24. The molecule has 2 aromatic rings. The fraction of sp³-hybridized carbons (Fsp3) is 0.333. The molecule has 0 bridgehead atoms. The van der Waals surface area contributed by atoms with E-state index in [-0.39, 0.29) is 5.91 Å². The van der Waals surface area contributed by atoms with Crippen molar-refractivity contribution in [2.45, 2.75) is 32.2 Å². The fourth-order valence-corrected chi connectivity index (χ4v) is 2.05. The van der Waals surface area contributed by atoms with Gasteiger partial charge < -0.3 is 16.0 Å². The van der Waals surface area contributed by atoms with Crippen molar-refractivity contribution in [1.29, 1.82) is 0 Å². The predicted molar refractivity (Wildman–Crippen MR) is 80.2 cm³/mol. The van der Waals surface area contributed by atoms with Gasteiger partial charge in [0.2, 0.25) is 5.91 Å². The van der Waals surface area contributed by atoms with Gasteiger partial charge in [-0.2, -0.15) is 0 Å². The molecule has 0 saturated heterocycles. The Kier molecular flexibility index (Phi) is 4.20. The smallest absolute Gasteiger partial charge is 0.244 e. The summed E-state index contributed by atoms with van der Waals surface area (Å²) in [6, 6.07) is 7.57. The Bertz CT molecular complexity index is 558. The highest BCUT2D eigenvalue weighted by Gasteiger charge is 2.27. The number of aromatic amines is 1. The highest BCUT2D eigenvalue weighted by molar-refractivity contribution is 5.97. The number of benzene rings is 1. The molecule has 0 spiro atoms. The van der Waals surface area contributed by atoms with Crippen LogP contribution in [0, 0.1) is 0 Å². The van der Waals surface area contributed by atoms with Crippen molar-refractivity contribution in [3.8, 4) is 11.3 Å². The molecule has 20 heavy (non-hydrogen) atoms. The van der Waals surface area contributed by atoms with E-state index < -0.39 is 5.54 Å². The minimum Gasteiger partial charge on any atom is -0.345 e. The van der Waals surface area contributed by atoms with Gasteiger partial charge in [-0.05, 0) is 31.0 Å². The van der Waals surface area contributed by atoms with Crippen LogP contribution in [0.4, 0.5) is 5.69 Å². The van der Waals surface area contributed by atoms with Crippen LogP contribution in [-0.4, -0.2) is 21.4 Å². The van der Waals surface area contributed by atoms with Gasteiger partial charge in [-0.25, -0.2) is 4.98 Å². The van der Waals surface area contributed by atoms with Gasteiger partial charge in [-0.15, -0.1) is 0 Å². The highest BCUT2D eigenvalue weighted by Crippen LogP contribution is 2.20. The SMILES string of the molecule is CCCC(C)(N)C(=O)Nc1ccc(-c2cnc[nH]2)cc1. The molecule has 2 rings (SSSR count). The minimum atomic E-state index is -0.837. The Morgan fingerprint density at radius 2 is 2.10 bits per heavy atom. The molecule has 106 valence electrons. The molecule has 1 amide bonds. The number of hydrogen-bond donors (Lipinski definition) is 3. The van der Waals surface area contributed by atoms with E-state index in [0.29, 0.717) is 6.42 Å². The van der Waals surface area contributed by atoms with Crippen LogP contribution >= 0.6 is 0 Å². The molecular weight excluding hydrogens is 252 g/mol. The second-order valence-electron chi connectivity index (χ2n) is 5.16. The second kappa shape index (κ2) is 5.88. The number of nitrogens with two attached hydrogens (primary N) is 1. The Labute approximate surface area is 118 Å². The standard InChI is InChI=1S/C15H20N4O/c1-3-8-15(2,16)14(20)19-12-6-4-11(5-7-12)13-9-17-10-18-13/h4-7,9-10H,3,8,16H2,1-2H3,(H,17,18)(H,19,20). The van der Waals surface area contributed by atoms with E-state index in [2.05, 4.69) is 15.3 Å². The van der Waals surface area contributed by atoms with Gasteiger partial charge in [0.05, 0.1) is 23.8 Å². The predicted octanol–water partition coefficient (Wildman–Crippen LogP) is 2.53. The molecule has 0 aliphatic heterocycles. The van der Waals surface area contributed by atoms with Crippen LogP contribution in [0.5, 0.6) is 0 Å². The first-order chi connectivity index (χ1) is 9.53. The molecule has 0 aliphatic carbocycles. The van der Waals surface area contributed by atoms with E-state index in [4.69, 9.17) is 5.73 Å². The van der Waals surface area contributed by atoms with Crippen LogP contribution in [0.15, 0.2) is 36.8 Å². The van der Waals surface area contributed by atoms with Crippen LogP contribution in [0.25, 0.3) is 11.3 Å². The molecular formula is C15H20N4O. The number of carbonyl (C=O) groups is 1. The molecule has 1 heterocycles. The lowest BCUT2D eigenvalue weighted by Crippen LogP contribution is -2.48. The van der Waals surface area contributed by atoms with E-state index in [9.17, 15) is 4.79 Å². The van der Waals surface area contributed by atoms with E-state index >= 15 is 0 Å². The maximum absolute atomic E-state index is 12.1. The number of hydrogen-bond acceptors (Lipinski definition) is 3. The third-order valence-electron chi connectivity index (χ3n) is 3.24. The number of nitrogens with one attached hydrogen (secondary N) is 2. The Morgan fingerprint density at radius 3 is 2.65 bits per heavy atom. The van der Waals surface area contributed by atoms with Crippen LogP contribution in [-0.2, 0) is 4.79 Å². The van der Waals surface area contributed by atoms with Crippen LogP contribution in [0.1, 0.15) is 26.7 Å². The normalized spacial score (nSPS) is 13.8. The average Bonchev–Trinajstić information content (AvgIpc) is 2.93. The summed E-state index contributed by atoms with van der Waals surface area (Å²) < 4.78 is 0. The van der Waals surface area contributed by atoms with Crippen molar-refractivity contribution in [1.82, 2.24) is 9.97 Å². The fourth-order valence-electron chi connectivity index (χ4n) is 2.05. The number of anilines is 1. The lowest BCUT2D eigenvalue weighted by Gasteiger charge is -2.22. The van der Waals surface area contributed by atoms with E-state index in [0.717, 1.165) is 23.4 Å². The first-order valence-electron chi connectivity index (χ1n) is 6.72. The van der Waals surface area contributed by atoms with Crippen LogP contribution in [0.3, 0.4) is 0 Å². The summed E-state index contributed by atoms with van der Waals surface area (Å²) in [4.78, 5) is 19.1. The van der Waals surface area contributed by atoms with Crippen molar-refractivity contribution in [3.05, 3.63) is 36.8 Å². The molecule has 1 aromatic carbocycles. The van der Waals surface area contributed by atoms with Crippen molar-refractivity contribution in [3.63, 3.8) is 0 Å². The third-order valence-corrected chi connectivity index (χ3v) is 3.24. The average molecular weight is 272 g/mol. The van der Waals surface area contributed by atoms with Gasteiger partial charge in [0, 0.05) is 5.69 Å². The molecule has 0 radical (unpaired) electrons. The van der Waals surface area contributed by atoms with Crippen molar-refractivity contribution in [2.24, 2.45) is 5.73 Å². The molecule has 5 nitrogen and oxygen atoms in total. The number of imidazole rings is 1. The summed E-state index contributed by atoms with van der Waals surface area (Å²) in [5, 5.41) is 2.85.